The van der Waals surface area contributed by atoms with Gasteiger partial charge in [-0.25, -0.2) is 6.92 Å². The van der Waals surface area contributed by atoms with Gasteiger partial charge in [0.2, 0.25) is 0 Å². The molecule has 31 heavy (non-hydrogen) atoms. The molecule has 0 saturated heterocycles. The molecular weight excluding hydrogens is 411 g/mol. The molecule has 1 unspecified atom stereocenters. The van der Waals surface area contributed by atoms with Crippen LogP contribution in [-0.4, -0.2) is 16.6 Å². The summed E-state index contributed by atoms with van der Waals surface area (Å²) in [5, 5.41) is 6.10. The van der Waals surface area contributed by atoms with Crippen molar-refractivity contribution in [2.45, 2.75) is 40.2 Å². The minimum absolute atomic E-state index is 0. The van der Waals surface area contributed by atoms with Crippen LogP contribution in [0, 0.1) is 19.0 Å². The Kier molecular flexibility index (Phi) is 12.7. The molecule has 1 aromatic carbocycles. The average Bonchev–Trinajstić information content (AvgIpc) is 2.75. The van der Waals surface area contributed by atoms with Gasteiger partial charge in [0.1, 0.15) is 0 Å². The number of aromatic nitrogens is 1. The summed E-state index contributed by atoms with van der Waals surface area (Å²) in [4.78, 5) is 20.9. The zero-order valence-corrected chi connectivity index (χ0v) is 22.3. The van der Waals surface area contributed by atoms with Crippen LogP contribution in [0.25, 0.3) is 0 Å². The molecule has 0 aliphatic heterocycles. The quantitative estimate of drug-likeness (QED) is 0.272. The number of anilines is 1. The fourth-order valence-corrected chi connectivity index (χ4v) is 2.60. The van der Waals surface area contributed by atoms with Gasteiger partial charge in [0.25, 0.3) is 5.91 Å². The van der Waals surface area contributed by atoms with Gasteiger partial charge in [-0.2, -0.15) is 12.2 Å². The van der Waals surface area contributed by atoms with Crippen molar-refractivity contribution in [2.24, 2.45) is 10.9 Å². The number of hydrogen-bond donors (Lipinski definition) is 2. The molecule has 0 aliphatic carbocycles. The van der Waals surface area contributed by atoms with E-state index in [9.17, 15) is 4.79 Å². The third-order valence-corrected chi connectivity index (χ3v) is 4.38. The summed E-state index contributed by atoms with van der Waals surface area (Å²) >= 11 is 0. The number of pyridine rings is 1. The maximum absolute atomic E-state index is 12.5. The van der Waals surface area contributed by atoms with Gasteiger partial charge in [0, 0.05) is 24.1 Å². The molecule has 0 saturated carbocycles. The second-order valence-corrected chi connectivity index (χ2v) is 7.38. The van der Waals surface area contributed by atoms with Crippen LogP contribution in [-0.2, 0) is 6.42 Å². The van der Waals surface area contributed by atoms with Gasteiger partial charge in [0.15, 0.2) is 0 Å². The van der Waals surface area contributed by atoms with Gasteiger partial charge in [-0.3, -0.25) is 9.78 Å². The number of hydrogen-bond acceptors (Lipinski definition) is 4. The van der Waals surface area contributed by atoms with Gasteiger partial charge in [-0.05, 0) is 48.6 Å². The van der Waals surface area contributed by atoms with Crippen LogP contribution in [0.2, 0.25) is 0 Å². The molecule has 0 bridgehead atoms. The second-order valence-electron chi connectivity index (χ2n) is 7.38. The maximum Gasteiger partial charge on any atom is 1.00 e. The standard InChI is InChI=1S/C25H30N4O.K/c1-6-21-14-23(17-26-16-21)25(30)29-24-9-7-8-22(15-24)20(5)28-13-12-27-19(4)11-10-18(2)3;/h7-12,14-18,20,28H,4,6H2,1-3,5H3,(H,29,30);/q-2;+1/b11-10+,27-19?;. The van der Waals surface area contributed by atoms with E-state index in [4.69, 9.17) is 0 Å². The summed E-state index contributed by atoms with van der Waals surface area (Å²) in [7, 11) is 0. The van der Waals surface area contributed by atoms with Crippen molar-refractivity contribution >= 4 is 17.3 Å². The first-order valence-corrected chi connectivity index (χ1v) is 10.1. The number of allylic oxidation sites excluding steroid dienone is 2. The Morgan fingerprint density at radius 3 is 2.74 bits per heavy atom. The Hall–Kier alpha value is -1.70. The Morgan fingerprint density at radius 1 is 1.26 bits per heavy atom. The summed E-state index contributed by atoms with van der Waals surface area (Å²) in [6.45, 7) is 12.1. The normalized spacial score (nSPS) is 12.7. The minimum atomic E-state index is -0.172. The van der Waals surface area contributed by atoms with Gasteiger partial charge in [0.05, 0.1) is 5.56 Å². The van der Waals surface area contributed by atoms with Crippen LogP contribution in [0.3, 0.4) is 0 Å². The Labute approximate surface area is 229 Å². The Balaban J connectivity index is 0.00000480. The van der Waals surface area contributed by atoms with E-state index >= 15 is 0 Å². The van der Waals surface area contributed by atoms with Gasteiger partial charge in [-0.1, -0.05) is 32.9 Å². The van der Waals surface area contributed by atoms with Crippen LogP contribution in [0.1, 0.15) is 55.2 Å². The third-order valence-electron chi connectivity index (χ3n) is 4.38. The molecule has 2 aromatic rings. The molecule has 0 aliphatic rings. The number of aryl methyl sites for hydroxylation is 1. The SMILES string of the molecule is [CH2-]C(/C=C/C(C)C)=NC=[C-]NC(C)c1cccc(NC(=O)c2cncc(CC)c2)c1.[K+]. The number of nitrogens with zero attached hydrogens (tertiary/aromatic N) is 2. The summed E-state index contributed by atoms with van der Waals surface area (Å²) < 4.78 is 0. The molecule has 1 aromatic heterocycles. The second kappa shape index (κ2) is 14.4. The molecule has 0 fully saturated rings. The van der Waals surface area contributed by atoms with E-state index < -0.39 is 0 Å². The van der Waals surface area contributed by atoms with E-state index in [1.165, 1.54) is 0 Å². The maximum atomic E-state index is 12.5. The van der Waals surface area contributed by atoms with Gasteiger partial charge < -0.3 is 21.8 Å². The Morgan fingerprint density at radius 2 is 2.03 bits per heavy atom. The van der Waals surface area contributed by atoms with E-state index in [0.29, 0.717) is 17.2 Å². The molecular formula is C25H30KN4O-. The van der Waals surface area contributed by atoms with Crippen molar-refractivity contribution in [1.29, 1.82) is 0 Å². The predicted octanol–water partition coefficient (Wildman–Crippen LogP) is 2.31. The molecule has 158 valence electrons. The molecule has 2 N–H and O–H groups in total. The van der Waals surface area contributed by atoms with Gasteiger partial charge in [-0.15, -0.1) is 11.9 Å². The first-order valence-electron chi connectivity index (χ1n) is 10.1. The van der Waals surface area contributed by atoms with Crippen molar-refractivity contribution in [3.05, 3.63) is 90.9 Å². The first-order chi connectivity index (χ1) is 14.4. The van der Waals surface area contributed by atoms with E-state index in [1.54, 1.807) is 18.6 Å². The molecule has 1 amide bonds. The van der Waals surface area contributed by atoms with Crippen molar-refractivity contribution < 1.29 is 56.2 Å². The van der Waals surface area contributed by atoms with Crippen molar-refractivity contribution in [3.63, 3.8) is 0 Å². The smallest absolute Gasteiger partial charge is 0.560 e. The van der Waals surface area contributed by atoms with Crippen LogP contribution in [0.15, 0.2) is 66.1 Å². The molecule has 6 heteroatoms. The number of amides is 1. The van der Waals surface area contributed by atoms with Gasteiger partial charge >= 0.3 is 51.4 Å². The van der Waals surface area contributed by atoms with Crippen LogP contribution in [0.5, 0.6) is 0 Å². The summed E-state index contributed by atoms with van der Waals surface area (Å²) in [5.74, 6) is 0.288. The van der Waals surface area contributed by atoms with Crippen LogP contribution >= 0.6 is 0 Å². The third kappa shape index (κ3) is 9.97. The predicted molar refractivity (Wildman–Crippen MR) is 124 cm³/mol. The van der Waals surface area contributed by atoms with E-state index in [2.05, 4.69) is 47.6 Å². The zero-order chi connectivity index (χ0) is 21.9. The van der Waals surface area contributed by atoms with Crippen LogP contribution in [0.4, 0.5) is 5.69 Å². The number of carbonyl (C=O) groups excluding carboxylic acids is 1. The zero-order valence-electron chi connectivity index (χ0n) is 19.1. The molecule has 2 rings (SSSR count). The molecule has 1 heterocycles. The fourth-order valence-electron chi connectivity index (χ4n) is 2.60. The number of rotatable bonds is 9. The molecule has 0 radical (unpaired) electrons. The summed E-state index contributed by atoms with van der Waals surface area (Å²) in [5.41, 5.74) is 4.01. The average molecular weight is 442 g/mol. The van der Waals surface area contributed by atoms with Crippen molar-refractivity contribution in [2.75, 3.05) is 5.32 Å². The number of nitrogens with one attached hydrogen (secondary N) is 2. The molecule has 0 spiro atoms. The molecule has 5 nitrogen and oxygen atoms in total. The number of benzene rings is 1. The topological polar surface area (TPSA) is 66.4 Å². The monoisotopic (exact) mass is 441 g/mol. The van der Waals surface area contributed by atoms with E-state index in [1.807, 2.05) is 56.3 Å². The van der Waals surface area contributed by atoms with E-state index in [-0.39, 0.29) is 63.3 Å². The number of aliphatic imine (C=N–C) groups is 1. The fraction of sp³-hybridized carbons (Fsp3) is 0.280. The summed E-state index contributed by atoms with van der Waals surface area (Å²) in [6, 6.07) is 9.58. The van der Waals surface area contributed by atoms with E-state index in [0.717, 1.165) is 23.2 Å². The minimum Gasteiger partial charge on any atom is -0.560 e. The summed E-state index contributed by atoms with van der Waals surface area (Å²) in [6.07, 6.45) is 12.7. The van der Waals surface area contributed by atoms with Crippen LogP contribution < -0.4 is 62.0 Å². The van der Waals surface area contributed by atoms with Crippen molar-refractivity contribution in [1.82, 2.24) is 10.3 Å². The first kappa shape index (κ1) is 27.3. The number of carbonyl (C=O) groups is 1. The van der Waals surface area contributed by atoms with Crippen molar-refractivity contribution in [3.8, 4) is 0 Å². The largest absolute Gasteiger partial charge is 1.00 e. The molecule has 1 atom stereocenters. The Bertz CT molecular complexity index is 935.